The van der Waals surface area contributed by atoms with E-state index in [1.165, 1.54) is 0 Å². The highest BCUT2D eigenvalue weighted by atomic mass is 35.6. The first-order valence-electron chi connectivity index (χ1n) is 4.81. The van der Waals surface area contributed by atoms with Gasteiger partial charge in [-0.25, -0.2) is 0 Å². The first-order chi connectivity index (χ1) is 8.18. The predicted molar refractivity (Wildman–Crippen MR) is 62.9 cm³/mol. The second kappa shape index (κ2) is 6.06. The maximum Gasteiger partial charge on any atom is 0.265 e. The van der Waals surface area contributed by atoms with Crippen molar-refractivity contribution in [3.05, 3.63) is 0 Å². The van der Waals surface area contributed by atoms with Gasteiger partial charge in [0.05, 0.1) is 6.61 Å². The van der Waals surface area contributed by atoms with E-state index in [2.05, 4.69) is 0 Å². The second-order valence-electron chi connectivity index (χ2n) is 3.64. The van der Waals surface area contributed by atoms with Crippen LogP contribution in [0.4, 0.5) is 0 Å². The summed E-state index contributed by atoms with van der Waals surface area (Å²) < 4.78 is 7.55. The van der Waals surface area contributed by atoms with Crippen LogP contribution in [0.5, 0.6) is 0 Å². The summed E-state index contributed by atoms with van der Waals surface area (Å²) >= 11 is 16.1. The number of hydrogen-bond acceptors (Lipinski definition) is 7. The fourth-order valence-corrected chi connectivity index (χ4v) is 1.48. The summed E-state index contributed by atoms with van der Waals surface area (Å²) in [6.45, 7) is -0.619. The molecule has 0 aromatic carbocycles. The van der Waals surface area contributed by atoms with E-state index >= 15 is 0 Å². The van der Waals surface area contributed by atoms with Gasteiger partial charge in [0, 0.05) is 0 Å². The van der Waals surface area contributed by atoms with Crippen molar-refractivity contribution in [3.8, 4) is 0 Å². The van der Waals surface area contributed by atoms with E-state index in [1.54, 1.807) is 0 Å². The molecular weight excluding hydrogens is 312 g/mol. The van der Waals surface area contributed by atoms with Crippen molar-refractivity contribution in [3.63, 3.8) is 0 Å². The molecule has 1 rings (SSSR count). The Balaban J connectivity index is 2.74. The quantitative estimate of drug-likeness (QED) is 0.256. The average molecular weight is 325 g/mol. The van der Waals surface area contributed by atoms with Crippen molar-refractivity contribution >= 4 is 40.7 Å². The Morgan fingerprint density at radius 2 is 1.72 bits per heavy atom. The van der Waals surface area contributed by atoms with E-state index < -0.39 is 47.0 Å². The third kappa shape index (κ3) is 3.58. The van der Waals surface area contributed by atoms with Crippen LogP contribution in [-0.2, 0) is 9.47 Å². The van der Waals surface area contributed by atoms with Gasteiger partial charge in [-0.15, -0.1) is 0 Å². The molecule has 1 aliphatic rings. The Bertz CT molecular complexity index is 310. The molecule has 0 aliphatic carbocycles. The number of aliphatic hydroxyl groups is 4. The minimum absolute atomic E-state index is 0.619. The molecule has 1 fully saturated rings. The van der Waals surface area contributed by atoms with E-state index in [-0.39, 0.29) is 0 Å². The molecule has 7 nitrogen and oxygen atoms in total. The van der Waals surface area contributed by atoms with Gasteiger partial charge >= 0.3 is 0 Å². The van der Waals surface area contributed by atoms with Gasteiger partial charge in [-0.05, 0) is 0 Å². The normalized spacial score (nSPS) is 37.4. The topological polar surface area (TPSA) is 123 Å². The summed E-state index contributed by atoms with van der Waals surface area (Å²) in [6, 6.07) is 0. The van der Waals surface area contributed by atoms with Gasteiger partial charge in [0.15, 0.2) is 0 Å². The van der Waals surface area contributed by atoms with Crippen LogP contribution in [0.25, 0.3) is 0 Å². The molecule has 1 saturated heterocycles. The number of nitrogens with one attached hydrogen (secondary N) is 1. The molecule has 0 amide bonds. The standard InChI is InChI=1S/C8H12Cl3NO6/c9-8(10,11)7(12)18-6-5(16)4(15)3(14)2(1-13)17-6/h2-6,12-16H,1H2/t2-,3+,4+,5-,6-/m1/s1. The molecule has 5 N–H and O–H groups in total. The molecule has 0 spiro atoms. The molecule has 10 heteroatoms. The molecule has 0 radical (unpaired) electrons. The number of rotatable bonds is 2. The van der Waals surface area contributed by atoms with E-state index in [9.17, 15) is 15.3 Å². The number of ether oxygens (including phenoxy) is 2. The third-order valence-corrected chi connectivity index (χ3v) is 2.85. The average Bonchev–Trinajstić information content (AvgIpc) is 2.28. The van der Waals surface area contributed by atoms with Crippen LogP contribution in [0.15, 0.2) is 0 Å². The van der Waals surface area contributed by atoms with E-state index in [0.717, 1.165) is 0 Å². The SMILES string of the molecule is N=C(O[C@H]1O[C@H](CO)[C@H](O)[C@H](O)[C@H]1O)C(Cl)(Cl)Cl. The third-order valence-electron chi connectivity index (χ3n) is 2.34. The zero-order chi connectivity index (χ0) is 14.1. The van der Waals surface area contributed by atoms with Gasteiger partial charge in [0.1, 0.15) is 24.4 Å². The van der Waals surface area contributed by atoms with Crippen molar-refractivity contribution < 1.29 is 29.9 Å². The van der Waals surface area contributed by atoms with Crippen LogP contribution in [0.3, 0.4) is 0 Å². The number of aliphatic hydroxyl groups excluding tert-OH is 4. The largest absolute Gasteiger partial charge is 0.445 e. The molecule has 5 atom stereocenters. The molecular formula is C8H12Cl3NO6. The van der Waals surface area contributed by atoms with Gasteiger partial charge in [-0.1, -0.05) is 34.8 Å². The van der Waals surface area contributed by atoms with Crippen molar-refractivity contribution in [2.45, 2.75) is 34.5 Å². The molecule has 1 heterocycles. The van der Waals surface area contributed by atoms with Gasteiger partial charge in [-0.2, -0.15) is 0 Å². The molecule has 0 bridgehead atoms. The zero-order valence-corrected chi connectivity index (χ0v) is 11.1. The van der Waals surface area contributed by atoms with E-state index in [1.807, 2.05) is 0 Å². The summed E-state index contributed by atoms with van der Waals surface area (Å²) in [4.78, 5) is 0. The number of alkyl halides is 3. The van der Waals surface area contributed by atoms with E-state index in [4.69, 9.17) is 54.8 Å². The van der Waals surface area contributed by atoms with Crippen LogP contribution in [0, 0.1) is 5.41 Å². The first kappa shape index (κ1) is 16.2. The van der Waals surface area contributed by atoms with Crippen molar-refractivity contribution in [2.24, 2.45) is 0 Å². The molecule has 0 saturated carbocycles. The highest BCUT2D eigenvalue weighted by Gasteiger charge is 2.46. The molecule has 106 valence electrons. The summed E-state index contributed by atoms with van der Waals surface area (Å²) in [5.41, 5.74) is 0. The van der Waals surface area contributed by atoms with Crippen molar-refractivity contribution in [2.75, 3.05) is 6.61 Å². The second-order valence-corrected chi connectivity index (χ2v) is 5.92. The number of hydrogen-bond donors (Lipinski definition) is 5. The summed E-state index contributed by atoms with van der Waals surface area (Å²) in [7, 11) is 0. The lowest BCUT2D eigenvalue weighted by atomic mass is 9.99. The highest BCUT2D eigenvalue weighted by Crippen LogP contribution is 2.30. The van der Waals surface area contributed by atoms with Gasteiger partial charge < -0.3 is 29.9 Å². The zero-order valence-electron chi connectivity index (χ0n) is 8.83. The van der Waals surface area contributed by atoms with E-state index in [0.29, 0.717) is 0 Å². The Hall–Kier alpha value is 0.140. The Morgan fingerprint density at radius 1 is 1.17 bits per heavy atom. The number of halogens is 3. The molecule has 18 heavy (non-hydrogen) atoms. The Labute approximate surface area is 117 Å². The lowest BCUT2D eigenvalue weighted by Gasteiger charge is -2.39. The highest BCUT2D eigenvalue weighted by molar-refractivity contribution is 6.76. The smallest absolute Gasteiger partial charge is 0.265 e. The minimum Gasteiger partial charge on any atom is -0.445 e. The minimum atomic E-state index is -2.15. The molecule has 0 aromatic heterocycles. The van der Waals surface area contributed by atoms with Gasteiger partial charge in [0.2, 0.25) is 12.2 Å². The molecule has 0 aromatic rings. The van der Waals surface area contributed by atoms with Crippen LogP contribution < -0.4 is 0 Å². The predicted octanol–water partition coefficient (Wildman–Crippen LogP) is -0.850. The Morgan fingerprint density at radius 3 is 2.17 bits per heavy atom. The van der Waals surface area contributed by atoms with Gasteiger partial charge in [0.25, 0.3) is 3.79 Å². The van der Waals surface area contributed by atoms with Crippen LogP contribution in [0.2, 0.25) is 0 Å². The van der Waals surface area contributed by atoms with Crippen LogP contribution in [0.1, 0.15) is 0 Å². The summed E-state index contributed by atoms with van der Waals surface area (Å²) in [6.07, 6.45) is -7.49. The fourth-order valence-electron chi connectivity index (χ4n) is 1.35. The monoisotopic (exact) mass is 323 g/mol. The maximum atomic E-state index is 9.57. The Kier molecular flexibility index (Phi) is 5.45. The first-order valence-corrected chi connectivity index (χ1v) is 5.94. The summed E-state index contributed by atoms with van der Waals surface area (Å²) in [5.74, 6) is -0.822. The van der Waals surface area contributed by atoms with Crippen molar-refractivity contribution in [1.29, 1.82) is 5.41 Å². The lowest BCUT2D eigenvalue weighted by molar-refractivity contribution is -0.281. The van der Waals surface area contributed by atoms with Crippen LogP contribution in [-0.4, -0.2) is 67.4 Å². The molecule has 1 aliphatic heterocycles. The van der Waals surface area contributed by atoms with Crippen LogP contribution >= 0.6 is 34.8 Å². The maximum absolute atomic E-state index is 9.57. The molecule has 0 unspecified atom stereocenters. The fraction of sp³-hybridized carbons (Fsp3) is 0.875. The summed E-state index contributed by atoms with van der Waals surface area (Å²) in [5, 5.41) is 44.7. The van der Waals surface area contributed by atoms with Crippen molar-refractivity contribution in [1.82, 2.24) is 0 Å². The lowest BCUT2D eigenvalue weighted by Crippen LogP contribution is -2.59. The van der Waals surface area contributed by atoms with Gasteiger partial charge in [-0.3, -0.25) is 5.41 Å².